The van der Waals surface area contributed by atoms with Crippen molar-refractivity contribution in [3.8, 4) is 0 Å². The molecule has 63 valence electrons. The first-order valence-corrected chi connectivity index (χ1v) is 3.78. The molecule has 0 spiro atoms. The molecule has 3 nitrogen and oxygen atoms in total. The summed E-state index contributed by atoms with van der Waals surface area (Å²) in [5.41, 5.74) is 0.668. The van der Waals surface area contributed by atoms with Crippen LogP contribution in [0, 0.1) is 0 Å². The summed E-state index contributed by atoms with van der Waals surface area (Å²) in [6.45, 7) is -0.0174. The maximum atomic E-state index is 10.4. The molecular weight excluding hydrogens is 154 g/mol. The van der Waals surface area contributed by atoms with Crippen LogP contribution < -0.4 is 0 Å². The van der Waals surface area contributed by atoms with Crippen molar-refractivity contribution in [2.75, 3.05) is 6.61 Å². The first kappa shape index (κ1) is 8.87. The van der Waals surface area contributed by atoms with Gasteiger partial charge in [0.1, 0.15) is 0 Å². The largest absolute Gasteiger partial charge is 0.396 e. The molecule has 1 rings (SSSR count). The Bertz CT molecular complexity index is 236. The van der Waals surface area contributed by atoms with Crippen molar-refractivity contribution >= 4 is 6.29 Å². The van der Waals surface area contributed by atoms with Gasteiger partial charge >= 0.3 is 0 Å². The highest BCUT2D eigenvalue weighted by molar-refractivity contribution is 5.61. The van der Waals surface area contributed by atoms with Crippen molar-refractivity contribution in [3.63, 3.8) is 0 Å². The predicted octanol–water partition coefficient (Wildman–Crippen LogP) is 0.657. The van der Waals surface area contributed by atoms with Gasteiger partial charge in [0.15, 0.2) is 0 Å². The quantitative estimate of drug-likeness (QED) is 0.711. The summed E-state index contributed by atoms with van der Waals surface area (Å²) in [4.78, 5) is 14.4. The molecule has 1 aromatic heterocycles. The number of aliphatic hydroxyl groups is 1. The van der Waals surface area contributed by atoms with Gasteiger partial charge in [-0.25, -0.2) is 0 Å². The lowest BCUT2D eigenvalue weighted by atomic mass is 10.0. The highest BCUT2D eigenvalue weighted by Gasteiger charge is 2.10. The van der Waals surface area contributed by atoms with Gasteiger partial charge in [0.2, 0.25) is 6.29 Å². The average Bonchev–Trinajstić information content (AvgIpc) is 2.15. The van der Waals surface area contributed by atoms with Gasteiger partial charge in [-0.3, -0.25) is 9.78 Å². The van der Waals surface area contributed by atoms with Gasteiger partial charge in [0.25, 0.3) is 0 Å². The number of aliphatic hydroxyl groups excluding tert-OH is 1. The fourth-order valence-electron chi connectivity index (χ4n) is 0.978. The first-order valence-electron chi connectivity index (χ1n) is 3.78. The number of nitrogens with zero attached hydrogens (tertiary/aromatic N) is 1. The summed E-state index contributed by atoms with van der Waals surface area (Å²) in [5.74, 6) is -0.392. The average molecular weight is 164 g/mol. The van der Waals surface area contributed by atoms with Crippen molar-refractivity contribution in [2.45, 2.75) is 12.3 Å². The van der Waals surface area contributed by atoms with Gasteiger partial charge in [-0.15, -0.1) is 0 Å². The summed E-state index contributed by atoms with van der Waals surface area (Å²) < 4.78 is 0. The molecule has 3 heteroatoms. The Morgan fingerprint density at radius 1 is 1.58 bits per heavy atom. The lowest BCUT2D eigenvalue weighted by Crippen LogP contribution is -2.04. The Balaban J connectivity index is 2.73. The number of hydrogen-bond acceptors (Lipinski definition) is 3. The van der Waals surface area contributed by atoms with Gasteiger partial charge in [-0.1, -0.05) is 6.07 Å². The number of hydrogen-bond donors (Lipinski definition) is 1. The number of pyridine rings is 1. The Morgan fingerprint density at radius 3 is 2.92 bits per heavy atom. The van der Waals surface area contributed by atoms with E-state index in [0.717, 1.165) is 0 Å². The maximum Gasteiger partial charge on any atom is 0.208 e. The third kappa shape index (κ3) is 2.13. The maximum absolute atomic E-state index is 10.4. The van der Waals surface area contributed by atoms with Crippen molar-refractivity contribution in [3.05, 3.63) is 30.1 Å². The van der Waals surface area contributed by atoms with Crippen LogP contribution in [0.15, 0.2) is 24.4 Å². The molecule has 0 saturated carbocycles. The van der Waals surface area contributed by atoms with Crippen LogP contribution in [0.3, 0.4) is 0 Å². The fraction of sp³-hybridized carbons (Fsp3) is 0.333. The van der Waals surface area contributed by atoms with E-state index < -0.39 is 5.92 Å². The van der Waals surface area contributed by atoms with Crippen LogP contribution in [0.25, 0.3) is 0 Å². The van der Waals surface area contributed by atoms with E-state index in [2.05, 4.69) is 4.98 Å². The van der Waals surface area contributed by atoms with E-state index in [1.807, 2.05) is 12.4 Å². The molecule has 1 radical (unpaired) electrons. The highest BCUT2D eigenvalue weighted by Crippen LogP contribution is 2.12. The summed E-state index contributed by atoms with van der Waals surface area (Å²) in [6, 6.07) is 5.35. The smallest absolute Gasteiger partial charge is 0.208 e. The predicted molar refractivity (Wildman–Crippen MR) is 44.4 cm³/mol. The van der Waals surface area contributed by atoms with Crippen molar-refractivity contribution < 1.29 is 9.90 Å². The summed E-state index contributed by atoms with van der Waals surface area (Å²) in [7, 11) is 0. The van der Waals surface area contributed by atoms with Crippen LogP contribution >= 0.6 is 0 Å². The minimum Gasteiger partial charge on any atom is -0.396 e. The summed E-state index contributed by atoms with van der Waals surface area (Å²) in [5, 5.41) is 8.62. The van der Waals surface area contributed by atoms with Crippen LogP contribution in [-0.4, -0.2) is 23.0 Å². The third-order valence-electron chi connectivity index (χ3n) is 1.60. The van der Waals surface area contributed by atoms with Gasteiger partial charge in [-0.2, -0.15) is 0 Å². The molecule has 1 heterocycles. The Kier molecular flexibility index (Phi) is 3.41. The number of rotatable bonds is 4. The third-order valence-corrected chi connectivity index (χ3v) is 1.60. The van der Waals surface area contributed by atoms with Crippen LogP contribution in [0.5, 0.6) is 0 Å². The molecule has 12 heavy (non-hydrogen) atoms. The van der Waals surface area contributed by atoms with Crippen LogP contribution in [0.2, 0.25) is 0 Å². The van der Waals surface area contributed by atoms with E-state index >= 15 is 0 Å². The Labute approximate surface area is 71.1 Å². The zero-order valence-electron chi connectivity index (χ0n) is 6.60. The van der Waals surface area contributed by atoms with E-state index in [0.29, 0.717) is 12.1 Å². The standard InChI is InChI=1S/C9H10NO2/c11-6-4-8(7-12)9-3-1-2-5-10-9/h1-3,5,8,11H,4,6H2. The number of aromatic nitrogens is 1. The molecule has 0 saturated heterocycles. The molecule has 1 unspecified atom stereocenters. The first-order chi connectivity index (χ1) is 5.88. The Hall–Kier alpha value is -1.22. The Morgan fingerprint density at radius 2 is 2.42 bits per heavy atom. The lowest BCUT2D eigenvalue weighted by Gasteiger charge is -2.05. The monoisotopic (exact) mass is 164 g/mol. The molecule has 0 fully saturated rings. The highest BCUT2D eigenvalue weighted by atomic mass is 16.3. The molecule has 0 aliphatic rings. The van der Waals surface area contributed by atoms with Crippen molar-refractivity contribution in [1.29, 1.82) is 0 Å². The van der Waals surface area contributed by atoms with E-state index in [-0.39, 0.29) is 6.61 Å². The van der Waals surface area contributed by atoms with Gasteiger partial charge in [0, 0.05) is 12.8 Å². The molecule has 0 amide bonds. The molecule has 0 aromatic carbocycles. The second kappa shape index (κ2) is 4.62. The second-order valence-corrected chi connectivity index (χ2v) is 2.44. The molecule has 0 aliphatic heterocycles. The minimum atomic E-state index is -0.392. The van der Waals surface area contributed by atoms with Gasteiger partial charge in [0.05, 0.1) is 11.6 Å². The molecule has 1 atom stereocenters. The van der Waals surface area contributed by atoms with E-state index in [1.165, 1.54) is 0 Å². The van der Waals surface area contributed by atoms with Gasteiger partial charge < -0.3 is 5.11 Å². The number of carbonyl (C=O) groups excluding carboxylic acids is 1. The van der Waals surface area contributed by atoms with Crippen molar-refractivity contribution in [1.82, 2.24) is 4.98 Å². The zero-order chi connectivity index (χ0) is 8.81. The molecule has 1 N–H and O–H groups in total. The van der Waals surface area contributed by atoms with E-state index in [9.17, 15) is 4.79 Å². The molecule has 1 aromatic rings. The van der Waals surface area contributed by atoms with Crippen molar-refractivity contribution in [2.24, 2.45) is 0 Å². The second-order valence-electron chi connectivity index (χ2n) is 2.44. The topological polar surface area (TPSA) is 50.2 Å². The fourth-order valence-corrected chi connectivity index (χ4v) is 0.978. The lowest BCUT2D eigenvalue weighted by molar-refractivity contribution is 0.283. The molecule has 0 aliphatic carbocycles. The normalized spacial score (nSPS) is 12.4. The van der Waals surface area contributed by atoms with Crippen LogP contribution in [0.1, 0.15) is 18.0 Å². The summed E-state index contributed by atoms with van der Waals surface area (Å²) >= 11 is 0. The minimum absolute atomic E-state index is 0.0174. The SMILES string of the molecule is O=[C]C(CCO)c1ccccn1. The van der Waals surface area contributed by atoms with E-state index in [1.54, 1.807) is 18.3 Å². The summed E-state index contributed by atoms with van der Waals surface area (Å²) in [6.07, 6.45) is 3.86. The molecular formula is C9H10NO2. The van der Waals surface area contributed by atoms with Crippen LogP contribution in [0.4, 0.5) is 0 Å². The van der Waals surface area contributed by atoms with Crippen LogP contribution in [-0.2, 0) is 4.79 Å². The van der Waals surface area contributed by atoms with E-state index in [4.69, 9.17) is 5.11 Å². The molecule has 0 bridgehead atoms. The van der Waals surface area contributed by atoms with Gasteiger partial charge in [-0.05, 0) is 18.6 Å². The zero-order valence-corrected chi connectivity index (χ0v) is 6.60.